The summed E-state index contributed by atoms with van der Waals surface area (Å²) in [4.78, 5) is 0. The number of fused-ring (bicyclic) bond motifs is 2. The summed E-state index contributed by atoms with van der Waals surface area (Å²) < 4.78 is 24.8. The zero-order valence-electron chi connectivity index (χ0n) is 17.1. The van der Waals surface area contributed by atoms with E-state index < -0.39 is 6.10 Å². The number of furan rings is 1. The molecular weight excluding hydrogens is 393 g/mol. The summed E-state index contributed by atoms with van der Waals surface area (Å²) in [6.07, 6.45) is 2.97. The zero-order valence-corrected chi connectivity index (χ0v) is 17.1. The van der Waals surface area contributed by atoms with Crippen molar-refractivity contribution in [2.45, 2.75) is 25.0 Å². The molecule has 0 unspecified atom stereocenters. The highest BCUT2D eigenvalue weighted by atomic mass is 19.1. The number of benzene rings is 3. The molecule has 31 heavy (non-hydrogen) atoms. The molecule has 5 rings (SSSR count). The van der Waals surface area contributed by atoms with Gasteiger partial charge in [0, 0.05) is 28.9 Å². The SMILES string of the molecule is O[C@H](CNC1Cc2ccccc2C1)COc1ccc(-c2occ3cc(F)ccc23)cc1. The molecule has 1 heterocycles. The smallest absolute Gasteiger partial charge is 0.141 e. The first-order valence-corrected chi connectivity index (χ1v) is 10.5. The number of aliphatic hydroxyl groups is 1. The summed E-state index contributed by atoms with van der Waals surface area (Å²) in [7, 11) is 0. The molecule has 0 amide bonds. The topological polar surface area (TPSA) is 54.6 Å². The van der Waals surface area contributed by atoms with Crippen molar-refractivity contribution < 1.29 is 18.7 Å². The Bertz CT molecular complexity index is 1160. The fourth-order valence-corrected chi connectivity index (χ4v) is 4.21. The van der Waals surface area contributed by atoms with Crippen molar-refractivity contribution in [3.8, 4) is 17.1 Å². The van der Waals surface area contributed by atoms with Crippen LogP contribution in [0.15, 0.2) is 77.4 Å². The minimum absolute atomic E-state index is 0.217. The van der Waals surface area contributed by atoms with Crippen LogP contribution in [0.1, 0.15) is 11.1 Å². The van der Waals surface area contributed by atoms with E-state index in [1.54, 1.807) is 12.3 Å². The Morgan fingerprint density at radius 3 is 2.52 bits per heavy atom. The summed E-state index contributed by atoms with van der Waals surface area (Å²) in [5.41, 5.74) is 3.66. The first-order chi connectivity index (χ1) is 15.2. The van der Waals surface area contributed by atoms with Crippen LogP contribution in [0.4, 0.5) is 4.39 Å². The number of hydrogen-bond acceptors (Lipinski definition) is 4. The van der Waals surface area contributed by atoms with Gasteiger partial charge in [-0.2, -0.15) is 0 Å². The predicted molar refractivity (Wildman–Crippen MR) is 119 cm³/mol. The number of aliphatic hydroxyl groups excluding tert-OH is 1. The van der Waals surface area contributed by atoms with Crippen molar-refractivity contribution in [1.82, 2.24) is 5.32 Å². The molecule has 1 atom stereocenters. The molecule has 3 aromatic carbocycles. The largest absolute Gasteiger partial charge is 0.491 e. The second-order valence-corrected chi connectivity index (χ2v) is 8.07. The van der Waals surface area contributed by atoms with Gasteiger partial charge in [0.15, 0.2) is 0 Å². The van der Waals surface area contributed by atoms with Crippen LogP contribution >= 0.6 is 0 Å². The van der Waals surface area contributed by atoms with Crippen molar-refractivity contribution in [3.05, 3.63) is 89.9 Å². The Morgan fingerprint density at radius 1 is 1.03 bits per heavy atom. The van der Waals surface area contributed by atoms with Gasteiger partial charge in [0.2, 0.25) is 0 Å². The van der Waals surface area contributed by atoms with Crippen molar-refractivity contribution in [3.63, 3.8) is 0 Å². The van der Waals surface area contributed by atoms with E-state index in [9.17, 15) is 9.50 Å². The molecule has 158 valence electrons. The summed E-state index contributed by atoms with van der Waals surface area (Å²) in [5.74, 6) is 1.09. The Morgan fingerprint density at radius 2 is 1.77 bits per heavy atom. The normalized spacial score (nSPS) is 14.6. The fourth-order valence-electron chi connectivity index (χ4n) is 4.21. The van der Waals surface area contributed by atoms with E-state index in [1.165, 1.54) is 23.3 Å². The predicted octanol–water partition coefficient (Wildman–Crippen LogP) is 4.74. The lowest BCUT2D eigenvalue weighted by molar-refractivity contribution is 0.104. The Balaban J connectivity index is 1.13. The number of rotatable bonds is 7. The molecule has 1 aromatic heterocycles. The van der Waals surface area contributed by atoms with Crippen LogP contribution in [0, 0.1) is 5.82 Å². The van der Waals surface area contributed by atoms with Crippen LogP contribution in [0.25, 0.3) is 22.1 Å². The number of halogens is 1. The molecule has 2 N–H and O–H groups in total. The highest BCUT2D eigenvalue weighted by Crippen LogP contribution is 2.32. The van der Waals surface area contributed by atoms with Gasteiger partial charge in [-0.25, -0.2) is 4.39 Å². The maximum absolute atomic E-state index is 13.4. The molecule has 4 aromatic rings. The van der Waals surface area contributed by atoms with E-state index in [1.807, 2.05) is 24.3 Å². The van der Waals surface area contributed by atoms with Gasteiger partial charge in [-0.05, 0) is 66.4 Å². The highest BCUT2D eigenvalue weighted by Gasteiger charge is 2.21. The molecule has 4 nitrogen and oxygen atoms in total. The minimum Gasteiger partial charge on any atom is -0.491 e. The van der Waals surface area contributed by atoms with Crippen molar-refractivity contribution in [2.24, 2.45) is 0 Å². The molecule has 0 radical (unpaired) electrons. The van der Waals surface area contributed by atoms with Gasteiger partial charge >= 0.3 is 0 Å². The molecule has 0 spiro atoms. The van der Waals surface area contributed by atoms with Crippen molar-refractivity contribution in [1.29, 1.82) is 0 Å². The third-order valence-corrected chi connectivity index (χ3v) is 5.81. The van der Waals surface area contributed by atoms with Gasteiger partial charge in [0.1, 0.15) is 30.0 Å². The highest BCUT2D eigenvalue weighted by molar-refractivity contribution is 5.94. The Hall–Kier alpha value is -3.15. The third kappa shape index (κ3) is 4.33. The van der Waals surface area contributed by atoms with Crippen molar-refractivity contribution >= 4 is 10.8 Å². The molecule has 1 aliphatic carbocycles. The second kappa shape index (κ2) is 8.53. The maximum Gasteiger partial charge on any atom is 0.141 e. The van der Waals surface area contributed by atoms with Gasteiger partial charge in [-0.3, -0.25) is 0 Å². The molecule has 0 bridgehead atoms. The van der Waals surface area contributed by atoms with Gasteiger partial charge < -0.3 is 19.6 Å². The van der Waals surface area contributed by atoms with Gasteiger partial charge in [0.25, 0.3) is 0 Å². The Labute approximate surface area is 180 Å². The minimum atomic E-state index is -0.590. The zero-order chi connectivity index (χ0) is 21.2. The van der Waals surface area contributed by atoms with Crippen LogP contribution in [-0.2, 0) is 12.8 Å². The van der Waals surface area contributed by atoms with E-state index in [0.29, 0.717) is 24.1 Å². The standard InChI is InChI=1S/C26H24FNO3/c27-21-7-10-25-20(11-21)15-31-26(25)17-5-8-24(9-6-17)30-16-23(29)14-28-22-12-18-3-1-2-4-19(18)13-22/h1-11,15,22-23,28-29H,12-14,16H2/t23-/m1/s1. The first kappa shape index (κ1) is 19.8. The maximum atomic E-state index is 13.4. The lowest BCUT2D eigenvalue weighted by atomic mass is 10.1. The lowest BCUT2D eigenvalue weighted by Crippen LogP contribution is -2.38. The number of hydrogen-bond donors (Lipinski definition) is 2. The summed E-state index contributed by atoms with van der Waals surface area (Å²) >= 11 is 0. The van der Waals surface area contributed by atoms with Crippen LogP contribution in [0.2, 0.25) is 0 Å². The second-order valence-electron chi connectivity index (χ2n) is 8.07. The monoisotopic (exact) mass is 417 g/mol. The van der Waals surface area contributed by atoms with Crippen LogP contribution in [-0.4, -0.2) is 30.4 Å². The lowest BCUT2D eigenvalue weighted by Gasteiger charge is -2.17. The van der Waals surface area contributed by atoms with E-state index >= 15 is 0 Å². The third-order valence-electron chi connectivity index (χ3n) is 5.81. The number of nitrogens with one attached hydrogen (secondary N) is 1. The average molecular weight is 417 g/mol. The molecule has 0 aliphatic heterocycles. The first-order valence-electron chi connectivity index (χ1n) is 10.5. The van der Waals surface area contributed by atoms with Crippen LogP contribution < -0.4 is 10.1 Å². The molecule has 1 aliphatic rings. The van der Waals surface area contributed by atoms with Gasteiger partial charge in [-0.1, -0.05) is 24.3 Å². The quantitative estimate of drug-likeness (QED) is 0.456. The molecule has 0 saturated carbocycles. The summed E-state index contributed by atoms with van der Waals surface area (Å²) in [6.45, 7) is 0.709. The van der Waals surface area contributed by atoms with Gasteiger partial charge in [0.05, 0.1) is 6.26 Å². The van der Waals surface area contributed by atoms with E-state index in [2.05, 4.69) is 29.6 Å². The van der Waals surface area contributed by atoms with E-state index in [4.69, 9.17) is 9.15 Å². The fraction of sp³-hybridized carbons (Fsp3) is 0.231. The molecular formula is C26H24FNO3. The molecule has 0 fully saturated rings. The van der Waals surface area contributed by atoms with E-state index in [-0.39, 0.29) is 12.4 Å². The van der Waals surface area contributed by atoms with Crippen LogP contribution in [0.3, 0.4) is 0 Å². The van der Waals surface area contributed by atoms with Crippen LogP contribution in [0.5, 0.6) is 5.75 Å². The molecule has 5 heteroatoms. The van der Waals surface area contributed by atoms with Crippen molar-refractivity contribution in [2.75, 3.05) is 13.2 Å². The Kier molecular flexibility index (Phi) is 5.45. The van der Waals surface area contributed by atoms with Gasteiger partial charge in [-0.15, -0.1) is 0 Å². The summed E-state index contributed by atoms with van der Waals surface area (Å²) in [6, 6.07) is 21.0. The summed E-state index contributed by atoms with van der Waals surface area (Å²) in [5, 5.41) is 15.3. The molecule has 0 saturated heterocycles. The number of ether oxygens (including phenoxy) is 1. The average Bonchev–Trinajstić information content (AvgIpc) is 3.40. The van der Waals surface area contributed by atoms with E-state index in [0.717, 1.165) is 29.2 Å².